The van der Waals surface area contributed by atoms with Gasteiger partial charge < -0.3 is 10.5 Å². The number of nitrogens with two attached hydrogens (primary N) is 1. The van der Waals surface area contributed by atoms with Crippen LogP contribution in [0.4, 0.5) is 4.39 Å². The van der Waals surface area contributed by atoms with E-state index in [4.69, 9.17) is 10.5 Å². The Labute approximate surface area is 121 Å². The minimum absolute atomic E-state index is 0.0468. The van der Waals surface area contributed by atoms with Crippen molar-refractivity contribution in [3.05, 3.63) is 29.6 Å². The molecule has 1 unspecified atom stereocenters. The zero-order valence-corrected chi connectivity index (χ0v) is 12.6. The Morgan fingerprint density at radius 2 is 2.00 bits per heavy atom. The first-order chi connectivity index (χ1) is 9.58. The molecule has 0 radical (unpaired) electrons. The van der Waals surface area contributed by atoms with Gasteiger partial charge in [0, 0.05) is 6.04 Å². The van der Waals surface area contributed by atoms with Crippen molar-refractivity contribution in [3.63, 3.8) is 0 Å². The van der Waals surface area contributed by atoms with Gasteiger partial charge in [0.05, 0.1) is 6.10 Å². The fourth-order valence-electron chi connectivity index (χ4n) is 2.98. The molecule has 0 aromatic heterocycles. The highest BCUT2D eigenvalue weighted by molar-refractivity contribution is 5.30. The zero-order chi connectivity index (χ0) is 14.5. The lowest BCUT2D eigenvalue weighted by atomic mass is 9.86. The van der Waals surface area contributed by atoms with Crippen molar-refractivity contribution < 1.29 is 9.13 Å². The standard InChI is InChI=1S/C17H26FNO/c1-3-13-4-7-15(8-5-13)20-17-9-6-14(10-12(2)19)11-16(17)18/h6,9,11-13,15H,3-5,7-8,10,19H2,1-2H3. The molecule has 3 heteroatoms. The van der Waals surface area contributed by atoms with Gasteiger partial charge in [0.25, 0.3) is 0 Å². The molecule has 0 amide bonds. The molecule has 2 rings (SSSR count). The lowest BCUT2D eigenvalue weighted by Crippen LogP contribution is -2.24. The number of benzene rings is 1. The van der Waals surface area contributed by atoms with Gasteiger partial charge in [-0.25, -0.2) is 4.39 Å². The Bertz CT molecular complexity index is 425. The van der Waals surface area contributed by atoms with E-state index in [2.05, 4.69) is 6.92 Å². The SMILES string of the molecule is CCC1CCC(Oc2ccc(CC(C)N)cc2F)CC1. The molecule has 1 saturated carbocycles. The molecule has 2 nitrogen and oxygen atoms in total. The van der Waals surface area contributed by atoms with E-state index in [1.165, 1.54) is 19.3 Å². The van der Waals surface area contributed by atoms with Gasteiger partial charge in [0.15, 0.2) is 11.6 Å². The average Bonchev–Trinajstić information content (AvgIpc) is 2.42. The Hall–Kier alpha value is -1.09. The molecule has 0 spiro atoms. The molecule has 1 aliphatic rings. The van der Waals surface area contributed by atoms with Gasteiger partial charge in [-0.3, -0.25) is 0 Å². The number of rotatable bonds is 5. The van der Waals surface area contributed by atoms with Crippen LogP contribution in [0.2, 0.25) is 0 Å². The van der Waals surface area contributed by atoms with Crippen LogP contribution >= 0.6 is 0 Å². The molecule has 2 N–H and O–H groups in total. The first-order valence-corrected chi connectivity index (χ1v) is 7.79. The van der Waals surface area contributed by atoms with E-state index < -0.39 is 0 Å². The fourth-order valence-corrected chi connectivity index (χ4v) is 2.98. The molecule has 112 valence electrons. The second-order valence-electron chi connectivity index (χ2n) is 6.12. The van der Waals surface area contributed by atoms with Crippen molar-refractivity contribution >= 4 is 0 Å². The molecular formula is C17H26FNO. The highest BCUT2D eigenvalue weighted by atomic mass is 19.1. The third-order valence-corrected chi connectivity index (χ3v) is 4.22. The Kier molecular flexibility index (Phi) is 5.41. The summed E-state index contributed by atoms with van der Waals surface area (Å²) in [7, 11) is 0. The second-order valence-corrected chi connectivity index (χ2v) is 6.12. The van der Waals surface area contributed by atoms with E-state index >= 15 is 0 Å². The predicted molar refractivity (Wildman–Crippen MR) is 80.4 cm³/mol. The van der Waals surface area contributed by atoms with Gasteiger partial charge in [-0.1, -0.05) is 19.4 Å². The van der Waals surface area contributed by atoms with Crippen LogP contribution in [-0.4, -0.2) is 12.1 Å². The molecule has 1 aromatic carbocycles. The molecule has 20 heavy (non-hydrogen) atoms. The van der Waals surface area contributed by atoms with Gasteiger partial charge in [0.2, 0.25) is 0 Å². The quantitative estimate of drug-likeness (QED) is 0.882. The first kappa shape index (κ1) is 15.3. The van der Waals surface area contributed by atoms with E-state index in [0.29, 0.717) is 12.2 Å². The number of hydrogen-bond donors (Lipinski definition) is 1. The van der Waals surface area contributed by atoms with Crippen LogP contribution in [0.15, 0.2) is 18.2 Å². The van der Waals surface area contributed by atoms with Crippen molar-refractivity contribution in [2.24, 2.45) is 11.7 Å². The summed E-state index contributed by atoms with van der Waals surface area (Å²) in [4.78, 5) is 0. The van der Waals surface area contributed by atoms with Crippen molar-refractivity contribution in [1.29, 1.82) is 0 Å². The van der Waals surface area contributed by atoms with Gasteiger partial charge >= 0.3 is 0 Å². The van der Waals surface area contributed by atoms with E-state index in [-0.39, 0.29) is 18.0 Å². The van der Waals surface area contributed by atoms with Crippen LogP contribution in [0.1, 0.15) is 51.5 Å². The summed E-state index contributed by atoms with van der Waals surface area (Å²) in [5.41, 5.74) is 6.66. The summed E-state index contributed by atoms with van der Waals surface area (Å²) in [5.74, 6) is 0.951. The highest BCUT2D eigenvalue weighted by Crippen LogP contribution is 2.30. The second kappa shape index (κ2) is 7.07. The minimum Gasteiger partial charge on any atom is -0.487 e. The summed E-state index contributed by atoms with van der Waals surface area (Å²) in [6.45, 7) is 4.16. The minimum atomic E-state index is -0.263. The average molecular weight is 279 g/mol. The fraction of sp³-hybridized carbons (Fsp3) is 0.647. The molecule has 1 aliphatic carbocycles. The number of hydrogen-bond acceptors (Lipinski definition) is 2. The Balaban J connectivity index is 1.93. The number of halogens is 1. The van der Waals surface area contributed by atoms with Crippen LogP contribution in [0.3, 0.4) is 0 Å². The summed E-state index contributed by atoms with van der Waals surface area (Å²) < 4.78 is 19.9. The molecular weight excluding hydrogens is 253 g/mol. The van der Waals surface area contributed by atoms with E-state index in [1.54, 1.807) is 12.1 Å². The van der Waals surface area contributed by atoms with Gasteiger partial charge in [-0.05, 0) is 62.6 Å². The third-order valence-electron chi connectivity index (χ3n) is 4.22. The normalized spacial score (nSPS) is 24.4. The largest absolute Gasteiger partial charge is 0.487 e. The van der Waals surface area contributed by atoms with Crippen LogP contribution in [0, 0.1) is 11.7 Å². The number of ether oxygens (including phenoxy) is 1. The van der Waals surface area contributed by atoms with Crippen LogP contribution in [-0.2, 0) is 6.42 Å². The topological polar surface area (TPSA) is 35.2 Å². The lowest BCUT2D eigenvalue weighted by molar-refractivity contribution is 0.125. The lowest BCUT2D eigenvalue weighted by Gasteiger charge is -2.28. The van der Waals surface area contributed by atoms with Crippen molar-refractivity contribution in [1.82, 2.24) is 0 Å². The summed E-state index contributed by atoms with van der Waals surface area (Å²) in [6, 6.07) is 5.26. The maximum Gasteiger partial charge on any atom is 0.165 e. The van der Waals surface area contributed by atoms with Crippen molar-refractivity contribution in [3.8, 4) is 5.75 Å². The summed E-state index contributed by atoms with van der Waals surface area (Å²) in [5, 5.41) is 0. The third kappa shape index (κ3) is 4.20. The molecule has 1 atom stereocenters. The molecule has 1 aromatic rings. The van der Waals surface area contributed by atoms with Crippen LogP contribution in [0.5, 0.6) is 5.75 Å². The van der Waals surface area contributed by atoms with E-state index in [0.717, 1.165) is 24.3 Å². The Morgan fingerprint density at radius 1 is 1.30 bits per heavy atom. The van der Waals surface area contributed by atoms with Crippen LogP contribution in [0.25, 0.3) is 0 Å². The highest BCUT2D eigenvalue weighted by Gasteiger charge is 2.22. The van der Waals surface area contributed by atoms with Gasteiger partial charge in [-0.2, -0.15) is 0 Å². The van der Waals surface area contributed by atoms with Crippen molar-refractivity contribution in [2.45, 2.75) is 64.5 Å². The molecule has 1 fully saturated rings. The van der Waals surface area contributed by atoms with Gasteiger partial charge in [0.1, 0.15) is 0 Å². The van der Waals surface area contributed by atoms with Gasteiger partial charge in [-0.15, -0.1) is 0 Å². The zero-order valence-electron chi connectivity index (χ0n) is 12.6. The summed E-state index contributed by atoms with van der Waals surface area (Å²) >= 11 is 0. The monoisotopic (exact) mass is 279 g/mol. The predicted octanol–water partition coefficient (Wildman–Crippen LogP) is 4.06. The maximum atomic E-state index is 14.0. The maximum absolute atomic E-state index is 14.0. The molecule has 0 bridgehead atoms. The van der Waals surface area contributed by atoms with Crippen molar-refractivity contribution in [2.75, 3.05) is 0 Å². The Morgan fingerprint density at radius 3 is 2.55 bits per heavy atom. The smallest absolute Gasteiger partial charge is 0.165 e. The molecule has 0 saturated heterocycles. The first-order valence-electron chi connectivity index (χ1n) is 7.79. The summed E-state index contributed by atoms with van der Waals surface area (Å²) in [6.07, 6.45) is 6.59. The molecule has 0 aliphatic heterocycles. The molecule has 0 heterocycles. The van der Waals surface area contributed by atoms with E-state index in [9.17, 15) is 4.39 Å². The van der Waals surface area contributed by atoms with Crippen LogP contribution < -0.4 is 10.5 Å². The van der Waals surface area contributed by atoms with E-state index in [1.807, 2.05) is 13.0 Å².